The lowest BCUT2D eigenvalue weighted by Gasteiger charge is -2.06. The smallest absolute Gasteiger partial charge is 0.139 e. The van der Waals surface area contributed by atoms with Crippen LogP contribution in [0.2, 0.25) is 5.02 Å². The molecule has 0 amide bonds. The highest BCUT2D eigenvalue weighted by molar-refractivity contribution is 6.30. The van der Waals surface area contributed by atoms with E-state index in [4.69, 9.17) is 16.6 Å². The molecule has 1 aromatic heterocycles. The highest BCUT2D eigenvalue weighted by atomic mass is 35.5. The van der Waals surface area contributed by atoms with Crippen molar-refractivity contribution in [3.05, 3.63) is 101 Å². The van der Waals surface area contributed by atoms with Gasteiger partial charge in [0.1, 0.15) is 5.82 Å². The van der Waals surface area contributed by atoms with Gasteiger partial charge in [-0.3, -0.25) is 0 Å². The first kappa shape index (κ1) is 14.7. The zero-order valence-electron chi connectivity index (χ0n) is 12.9. The fraction of sp³-hybridized carbons (Fsp3) is 0. The lowest BCUT2D eigenvalue weighted by Crippen LogP contribution is -1.90. The minimum absolute atomic E-state index is 0.733. The Hall–Kier alpha value is -2.84. The Kier molecular flexibility index (Phi) is 3.89. The second-order valence-corrected chi connectivity index (χ2v) is 6.01. The lowest BCUT2D eigenvalue weighted by molar-refractivity contribution is 1.26. The number of nitrogens with zero attached hydrogens (tertiary/aromatic N) is 1. The summed E-state index contributed by atoms with van der Waals surface area (Å²) in [5.41, 5.74) is 5.25. The second-order valence-electron chi connectivity index (χ2n) is 5.58. The van der Waals surface area contributed by atoms with Crippen LogP contribution in [0.1, 0.15) is 17.0 Å². The van der Waals surface area contributed by atoms with Crippen LogP contribution in [0.25, 0.3) is 22.7 Å². The molecule has 0 aliphatic rings. The predicted molar refractivity (Wildman–Crippen MR) is 101 cm³/mol. The molecule has 24 heavy (non-hydrogen) atoms. The topological polar surface area (TPSA) is 28.7 Å². The predicted octanol–water partition coefficient (Wildman–Crippen LogP) is 5.81. The molecule has 3 heteroatoms. The number of benzene rings is 3. The normalized spacial score (nSPS) is 11.8. The number of nitrogens with one attached hydrogen (secondary N) is 1. The van der Waals surface area contributed by atoms with Crippen LogP contribution in [0.5, 0.6) is 0 Å². The number of aromatic nitrogens is 2. The Balaban J connectivity index is 1.88. The molecule has 3 aromatic carbocycles. The molecule has 0 saturated carbocycles. The van der Waals surface area contributed by atoms with Gasteiger partial charge in [-0.25, -0.2) is 4.98 Å². The van der Waals surface area contributed by atoms with Crippen molar-refractivity contribution in [2.45, 2.75) is 0 Å². The maximum absolute atomic E-state index is 6.00. The van der Waals surface area contributed by atoms with Gasteiger partial charge < -0.3 is 4.98 Å². The molecule has 4 rings (SSSR count). The lowest BCUT2D eigenvalue weighted by atomic mass is 10.0. The summed E-state index contributed by atoms with van der Waals surface area (Å²) >= 11 is 6.00. The highest BCUT2D eigenvalue weighted by Crippen LogP contribution is 2.26. The Morgan fingerprint density at radius 3 is 2.29 bits per heavy atom. The molecule has 1 heterocycles. The summed E-state index contributed by atoms with van der Waals surface area (Å²) in [7, 11) is 0. The first-order valence-electron chi connectivity index (χ1n) is 7.77. The van der Waals surface area contributed by atoms with Crippen LogP contribution in [0.4, 0.5) is 0 Å². The quantitative estimate of drug-likeness (QED) is 0.472. The van der Waals surface area contributed by atoms with Gasteiger partial charge in [0.25, 0.3) is 0 Å². The summed E-state index contributed by atoms with van der Waals surface area (Å²) < 4.78 is 0. The molecule has 0 radical (unpaired) electrons. The van der Waals surface area contributed by atoms with Crippen LogP contribution in [0.3, 0.4) is 0 Å². The van der Waals surface area contributed by atoms with Gasteiger partial charge in [-0.2, -0.15) is 0 Å². The molecule has 0 unspecified atom stereocenters. The molecule has 0 saturated heterocycles. The summed E-state index contributed by atoms with van der Waals surface area (Å²) in [5.74, 6) is 0.859. The number of hydrogen-bond acceptors (Lipinski definition) is 1. The number of H-pyrrole nitrogens is 1. The van der Waals surface area contributed by atoms with Gasteiger partial charge in [0.15, 0.2) is 0 Å². The molecule has 0 spiro atoms. The number of hydrogen-bond donors (Lipinski definition) is 1. The molecule has 0 aliphatic carbocycles. The number of para-hydroxylation sites is 2. The average molecular weight is 331 g/mol. The number of aromatic amines is 1. The molecular weight excluding hydrogens is 316 g/mol. The largest absolute Gasteiger partial charge is 0.338 e. The van der Waals surface area contributed by atoms with Gasteiger partial charge in [0.05, 0.1) is 11.0 Å². The van der Waals surface area contributed by atoms with Crippen molar-refractivity contribution in [3.63, 3.8) is 0 Å². The van der Waals surface area contributed by atoms with Crippen LogP contribution >= 0.6 is 11.6 Å². The first-order valence-corrected chi connectivity index (χ1v) is 8.15. The fourth-order valence-electron chi connectivity index (χ4n) is 2.71. The number of imidazole rings is 1. The number of rotatable bonds is 3. The van der Waals surface area contributed by atoms with Crippen molar-refractivity contribution < 1.29 is 0 Å². The van der Waals surface area contributed by atoms with E-state index in [1.54, 1.807) is 0 Å². The molecule has 1 N–H and O–H groups in total. The fourth-order valence-corrected chi connectivity index (χ4v) is 2.84. The van der Waals surface area contributed by atoms with E-state index in [1.807, 2.05) is 66.7 Å². The second kappa shape index (κ2) is 6.34. The molecule has 4 aromatic rings. The first-order chi connectivity index (χ1) is 11.8. The molecular formula is C21H15ClN2. The van der Waals surface area contributed by atoms with Crippen molar-refractivity contribution in [1.29, 1.82) is 0 Å². The summed E-state index contributed by atoms with van der Waals surface area (Å²) in [6.45, 7) is 0. The molecule has 0 bridgehead atoms. The van der Waals surface area contributed by atoms with E-state index in [0.29, 0.717) is 0 Å². The third kappa shape index (κ3) is 2.97. The number of fused-ring (bicyclic) bond motifs is 1. The summed E-state index contributed by atoms with van der Waals surface area (Å²) in [6, 6.07) is 26.1. The third-order valence-corrected chi connectivity index (χ3v) is 4.16. The Morgan fingerprint density at radius 2 is 1.54 bits per heavy atom. The molecule has 116 valence electrons. The minimum atomic E-state index is 0.733. The van der Waals surface area contributed by atoms with E-state index in [1.165, 1.54) is 0 Å². The Morgan fingerprint density at radius 1 is 0.833 bits per heavy atom. The average Bonchev–Trinajstić information content (AvgIpc) is 3.06. The van der Waals surface area contributed by atoms with Crippen molar-refractivity contribution >= 4 is 34.3 Å². The molecule has 0 aliphatic heterocycles. The van der Waals surface area contributed by atoms with Crippen LogP contribution in [-0.2, 0) is 0 Å². The SMILES string of the molecule is Clc1ccc(/C=C(\c2ccccc2)c2nc3ccccc3[nH]2)cc1. The van der Waals surface area contributed by atoms with Crippen molar-refractivity contribution in [1.82, 2.24) is 9.97 Å². The monoisotopic (exact) mass is 330 g/mol. The van der Waals surface area contributed by atoms with Gasteiger partial charge in [0.2, 0.25) is 0 Å². The summed E-state index contributed by atoms with van der Waals surface area (Å²) in [5, 5.41) is 0.733. The third-order valence-electron chi connectivity index (χ3n) is 3.91. The maximum Gasteiger partial charge on any atom is 0.139 e. The van der Waals surface area contributed by atoms with Crippen LogP contribution in [0.15, 0.2) is 78.9 Å². The van der Waals surface area contributed by atoms with Gasteiger partial charge in [-0.1, -0.05) is 66.2 Å². The van der Waals surface area contributed by atoms with Crippen molar-refractivity contribution in [2.75, 3.05) is 0 Å². The van der Waals surface area contributed by atoms with E-state index >= 15 is 0 Å². The Bertz CT molecular complexity index is 966. The summed E-state index contributed by atoms with van der Waals surface area (Å²) in [6.07, 6.45) is 2.13. The van der Waals surface area contributed by atoms with E-state index in [0.717, 1.165) is 38.6 Å². The molecule has 0 fully saturated rings. The number of halogens is 1. The van der Waals surface area contributed by atoms with Crippen LogP contribution < -0.4 is 0 Å². The standard InChI is InChI=1S/C21H15ClN2/c22-17-12-10-15(11-13-17)14-18(16-6-2-1-3-7-16)21-23-19-8-4-5-9-20(19)24-21/h1-14H,(H,23,24)/b18-14+. The highest BCUT2D eigenvalue weighted by Gasteiger charge is 2.10. The van der Waals surface area contributed by atoms with Gasteiger partial charge >= 0.3 is 0 Å². The Labute approximate surface area is 145 Å². The van der Waals surface area contributed by atoms with E-state index < -0.39 is 0 Å². The minimum Gasteiger partial charge on any atom is -0.338 e. The van der Waals surface area contributed by atoms with E-state index in [9.17, 15) is 0 Å². The van der Waals surface area contributed by atoms with Crippen molar-refractivity contribution in [3.8, 4) is 0 Å². The van der Waals surface area contributed by atoms with E-state index in [2.05, 4.69) is 23.2 Å². The maximum atomic E-state index is 6.00. The van der Waals surface area contributed by atoms with Crippen molar-refractivity contribution in [2.24, 2.45) is 0 Å². The van der Waals surface area contributed by atoms with Crippen LogP contribution in [-0.4, -0.2) is 9.97 Å². The van der Waals surface area contributed by atoms with E-state index in [-0.39, 0.29) is 0 Å². The van der Waals surface area contributed by atoms with Crippen LogP contribution in [0, 0.1) is 0 Å². The summed E-state index contributed by atoms with van der Waals surface area (Å²) in [4.78, 5) is 8.17. The van der Waals surface area contributed by atoms with Gasteiger partial charge in [0, 0.05) is 10.6 Å². The molecule has 2 nitrogen and oxygen atoms in total. The molecule has 0 atom stereocenters. The van der Waals surface area contributed by atoms with Gasteiger partial charge in [-0.05, 0) is 41.5 Å². The zero-order valence-corrected chi connectivity index (χ0v) is 13.7. The zero-order chi connectivity index (χ0) is 16.4. The van der Waals surface area contributed by atoms with Gasteiger partial charge in [-0.15, -0.1) is 0 Å².